The molecule has 2 rings (SSSR count). The molecular weight excluding hydrogens is 216 g/mol. The largest absolute Gasteiger partial charge is 0.330 e. The number of piperidine rings is 1. The van der Waals surface area contributed by atoms with Gasteiger partial charge in [-0.15, -0.1) is 0 Å². The molecule has 0 bridgehead atoms. The van der Waals surface area contributed by atoms with Gasteiger partial charge in [-0.2, -0.15) is 0 Å². The number of hydrogen-bond donors (Lipinski definition) is 2. The lowest BCUT2D eigenvalue weighted by Crippen LogP contribution is -2.39. The monoisotopic (exact) mass is 232 g/mol. The smallest absolute Gasteiger partial charge is 0.234 e. The van der Waals surface area contributed by atoms with Gasteiger partial charge in [-0.3, -0.25) is 14.9 Å². The van der Waals surface area contributed by atoms with E-state index in [0.29, 0.717) is 19.4 Å². The molecule has 1 fully saturated rings. The Labute approximate surface area is 100 Å². The van der Waals surface area contributed by atoms with Crippen molar-refractivity contribution in [3.8, 4) is 0 Å². The molecule has 0 aromatic heterocycles. The van der Waals surface area contributed by atoms with Crippen LogP contribution in [0, 0.1) is 0 Å². The highest BCUT2D eigenvalue weighted by Gasteiger charge is 2.27. The topological polar surface area (TPSA) is 72.2 Å². The van der Waals surface area contributed by atoms with Gasteiger partial charge in [0.2, 0.25) is 11.8 Å². The summed E-state index contributed by atoms with van der Waals surface area (Å²) in [5, 5.41) is 2.38. The summed E-state index contributed by atoms with van der Waals surface area (Å²) >= 11 is 0. The zero-order chi connectivity index (χ0) is 12.3. The molecule has 1 aliphatic rings. The number of hydrogen-bond acceptors (Lipinski definition) is 3. The van der Waals surface area contributed by atoms with Gasteiger partial charge in [0.05, 0.1) is 5.92 Å². The highest BCUT2D eigenvalue weighted by molar-refractivity contribution is 6.00. The molecule has 1 aliphatic heterocycles. The third-order valence-electron chi connectivity index (χ3n) is 3.03. The van der Waals surface area contributed by atoms with E-state index in [1.807, 2.05) is 24.3 Å². The van der Waals surface area contributed by atoms with Crippen LogP contribution < -0.4 is 11.1 Å². The fourth-order valence-electron chi connectivity index (χ4n) is 2.14. The first-order valence-electron chi connectivity index (χ1n) is 5.83. The summed E-state index contributed by atoms with van der Waals surface area (Å²) in [4.78, 5) is 22.8. The average molecular weight is 232 g/mol. The maximum atomic E-state index is 11.7. The standard InChI is InChI=1S/C13H16N2O2/c14-7-6-9-2-1-3-10(8-9)11-4-5-12(16)15-13(11)17/h1-3,8,11H,4-7,14H2,(H,15,16,17). The zero-order valence-electron chi connectivity index (χ0n) is 9.61. The molecule has 1 atom stereocenters. The Morgan fingerprint density at radius 1 is 1.35 bits per heavy atom. The van der Waals surface area contributed by atoms with E-state index in [4.69, 9.17) is 5.73 Å². The predicted octanol–water partition coefficient (Wildman–Crippen LogP) is 0.708. The van der Waals surface area contributed by atoms with E-state index in [9.17, 15) is 9.59 Å². The number of imide groups is 1. The average Bonchev–Trinajstić information content (AvgIpc) is 2.29. The second-order valence-electron chi connectivity index (χ2n) is 4.29. The maximum Gasteiger partial charge on any atom is 0.234 e. The summed E-state index contributed by atoms with van der Waals surface area (Å²) in [6, 6.07) is 7.87. The van der Waals surface area contributed by atoms with Gasteiger partial charge in [0, 0.05) is 6.42 Å². The van der Waals surface area contributed by atoms with Crippen LogP contribution in [0.5, 0.6) is 0 Å². The van der Waals surface area contributed by atoms with Crippen LogP contribution in [0.25, 0.3) is 0 Å². The highest BCUT2D eigenvalue weighted by atomic mass is 16.2. The maximum absolute atomic E-state index is 11.7. The minimum atomic E-state index is -0.203. The Morgan fingerprint density at radius 2 is 2.18 bits per heavy atom. The van der Waals surface area contributed by atoms with Gasteiger partial charge >= 0.3 is 0 Å². The van der Waals surface area contributed by atoms with Crippen LogP contribution in [0.15, 0.2) is 24.3 Å². The van der Waals surface area contributed by atoms with Crippen LogP contribution in [0.1, 0.15) is 29.9 Å². The van der Waals surface area contributed by atoms with E-state index in [2.05, 4.69) is 5.32 Å². The molecule has 4 heteroatoms. The minimum Gasteiger partial charge on any atom is -0.330 e. The first-order chi connectivity index (χ1) is 8.20. The summed E-state index contributed by atoms with van der Waals surface area (Å²) in [7, 11) is 0. The van der Waals surface area contributed by atoms with Crippen molar-refractivity contribution >= 4 is 11.8 Å². The van der Waals surface area contributed by atoms with Crippen LogP contribution in [-0.2, 0) is 16.0 Å². The SMILES string of the molecule is NCCc1cccc(C2CCC(=O)NC2=O)c1. The number of nitrogens with one attached hydrogen (secondary N) is 1. The number of carbonyl (C=O) groups excluding carboxylic acids is 2. The van der Waals surface area contributed by atoms with Crippen LogP contribution in [-0.4, -0.2) is 18.4 Å². The van der Waals surface area contributed by atoms with Crippen molar-refractivity contribution in [3.05, 3.63) is 35.4 Å². The lowest BCUT2D eigenvalue weighted by Gasteiger charge is -2.21. The van der Waals surface area contributed by atoms with Crippen molar-refractivity contribution in [2.45, 2.75) is 25.2 Å². The van der Waals surface area contributed by atoms with Gasteiger partial charge in [0.15, 0.2) is 0 Å². The third kappa shape index (κ3) is 2.71. The molecule has 4 nitrogen and oxygen atoms in total. The van der Waals surface area contributed by atoms with E-state index in [1.54, 1.807) is 0 Å². The van der Waals surface area contributed by atoms with Crippen molar-refractivity contribution < 1.29 is 9.59 Å². The molecule has 2 amide bonds. The van der Waals surface area contributed by atoms with Gasteiger partial charge in [0.1, 0.15) is 0 Å². The fraction of sp³-hybridized carbons (Fsp3) is 0.385. The van der Waals surface area contributed by atoms with Crippen molar-refractivity contribution in [1.82, 2.24) is 5.32 Å². The Balaban J connectivity index is 2.18. The van der Waals surface area contributed by atoms with Gasteiger partial charge in [0.25, 0.3) is 0 Å². The van der Waals surface area contributed by atoms with E-state index in [1.165, 1.54) is 0 Å². The molecule has 0 aliphatic carbocycles. The summed E-state index contributed by atoms with van der Waals surface area (Å²) in [5.41, 5.74) is 7.62. The van der Waals surface area contributed by atoms with Crippen LogP contribution in [0.3, 0.4) is 0 Å². The first-order valence-corrected chi connectivity index (χ1v) is 5.83. The third-order valence-corrected chi connectivity index (χ3v) is 3.03. The Hall–Kier alpha value is -1.68. The van der Waals surface area contributed by atoms with Gasteiger partial charge < -0.3 is 5.73 Å². The summed E-state index contributed by atoms with van der Waals surface area (Å²) in [5.74, 6) is -0.569. The number of rotatable bonds is 3. The quantitative estimate of drug-likeness (QED) is 0.754. The molecule has 0 radical (unpaired) electrons. The molecule has 1 aromatic carbocycles. The van der Waals surface area contributed by atoms with Gasteiger partial charge in [-0.25, -0.2) is 0 Å². The Kier molecular flexibility index (Phi) is 3.54. The van der Waals surface area contributed by atoms with Crippen LogP contribution >= 0.6 is 0 Å². The lowest BCUT2D eigenvalue weighted by molar-refractivity contribution is -0.134. The molecular formula is C13H16N2O2. The Bertz CT molecular complexity index is 443. The zero-order valence-corrected chi connectivity index (χ0v) is 9.61. The van der Waals surface area contributed by atoms with Crippen LogP contribution in [0.4, 0.5) is 0 Å². The molecule has 17 heavy (non-hydrogen) atoms. The van der Waals surface area contributed by atoms with Crippen LogP contribution in [0.2, 0.25) is 0 Å². The number of nitrogens with two attached hydrogens (primary N) is 1. The molecule has 1 heterocycles. The van der Waals surface area contributed by atoms with Crippen molar-refractivity contribution in [1.29, 1.82) is 0 Å². The molecule has 1 unspecified atom stereocenters. The summed E-state index contributed by atoms with van der Waals surface area (Å²) < 4.78 is 0. The lowest BCUT2D eigenvalue weighted by atomic mass is 9.89. The number of amides is 2. The molecule has 1 saturated heterocycles. The highest BCUT2D eigenvalue weighted by Crippen LogP contribution is 2.25. The van der Waals surface area contributed by atoms with E-state index in [-0.39, 0.29) is 17.7 Å². The van der Waals surface area contributed by atoms with E-state index >= 15 is 0 Å². The molecule has 3 N–H and O–H groups in total. The summed E-state index contributed by atoms with van der Waals surface area (Å²) in [6.07, 6.45) is 1.81. The van der Waals surface area contributed by atoms with Gasteiger partial charge in [-0.1, -0.05) is 24.3 Å². The van der Waals surface area contributed by atoms with Crippen molar-refractivity contribution in [2.24, 2.45) is 5.73 Å². The molecule has 90 valence electrons. The first kappa shape index (κ1) is 11.8. The second kappa shape index (κ2) is 5.10. The summed E-state index contributed by atoms with van der Waals surface area (Å²) in [6.45, 7) is 0.596. The minimum absolute atomic E-state index is 0.177. The van der Waals surface area contributed by atoms with E-state index < -0.39 is 0 Å². The second-order valence-corrected chi connectivity index (χ2v) is 4.29. The van der Waals surface area contributed by atoms with Crippen molar-refractivity contribution in [2.75, 3.05) is 6.54 Å². The molecule has 0 saturated carbocycles. The van der Waals surface area contributed by atoms with Crippen molar-refractivity contribution in [3.63, 3.8) is 0 Å². The van der Waals surface area contributed by atoms with E-state index in [0.717, 1.165) is 17.5 Å². The fourth-order valence-corrected chi connectivity index (χ4v) is 2.14. The normalized spacial score (nSPS) is 20.2. The molecule has 1 aromatic rings. The number of carbonyl (C=O) groups is 2. The predicted molar refractivity (Wildman–Crippen MR) is 64.3 cm³/mol. The van der Waals surface area contributed by atoms with Gasteiger partial charge in [-0.05, 0) is 30.5 Å². The molecule has 0 spiro atoms. The Morgan fingerprint density at radius 3 is 2.88 bits per heavy atom. The number of benzene rings is 1.